The molecule has 184 valence electrons. The number of rotatable bonds is 8. The fourth-order valence-corrected chi connectivity index (χ4v) is 4.01. The second kappa shape index (κ2) is 9.98. The molecule has 0 spiro atoms. The number of nitrogens with zero attached hydrogens (tertiary/aromatic N) is 5. The molecule has 0 saturated carbocycles. The third kappa shape index (κ3) is 4.81. The highest BCUT2D eigenvalue weighted by Gasteiger charge is 2.35. The van der Waals surface area contributed by atoms with Gasteiger partial charge in [-0.05, 0) is 42.5 Å². The van der Waals surface area contributed by atoms with Crippen LogP contribution in [0.4, 0.5) is 10.1 Å². The summed E-state index contributed by atoms with van der Waals surface area (Å²) in [6, 6.07) is 16.4. The number of carbonyl (C=O) groups excluding carboxylic acids is 2. The van der Waals surface area contributed by atoms with Gasteiger partial charge >= 0.3 is 0 Å². The van der Waals surface area contributed by atoms with Crippen molar-refractivity contribution in [1.82, 2.24) is 25.1 Å². The van der Waals surface area contributed by atoms with Crippen LogP contribution in [0, 0.1) is 11.7 Å². The number of hydrogen-bond donors (Lipinski definition) is 1. The molecular formula is C25H23FN6O4. The quantitative estimate of drug-likeness (QED) is 0.378. The first-order valence-electron chi connectivity index (χ1n) is 11.3. The minimum atomic E-state index is -0.450. The molecule has 1 N–H and O–H groups in total. The molecule has 0 aliphatic carbocycles. The van der Waals surface area contributed by atoms with E-state index in [9.17, 15) is 14.0 Å². The minimum absolute atomic E-state index is 0.108. The van der Waals surface area contributed by atoms with E-state index in [1.165, 1.54) is 16.6 Å². The van der Waals surface area contributed by atoms with Gasteiger partial charge in [-0.3, -0.25) is 9.59 Å². The lowest BCUT2D eigenvalue weighted by Gasteiger charge is -2.17. The van der Waals surface area contributed by atoms with Crippen molar-refractivity contribution >= 4 is 23.1 Å². The van der Waals surface area contributed by atoms with E-state index in [-0.39, 0.29) is 37.2 Å². The van der Waals surface area contributed by atoms with Crippen molar-refractivity contribution < 1.29 is 23.5 Å². The first kappa shape index (κ1) is 23.2. The maximum absolute atomic E-state index is 13.2. The topological polar surface area (TPSA) is 111 Å². The van der Waals surface area contributed by atoms with Crippen LogP contribution in [-0.2, 0) is 9.59 Å². The molecule has 2 amide bonds. The summed E-state index contributed by atoms with van der Waals surface area (Å²) in [6.45, 7) is 0.727. The standard InChI is InChI=1S/C25H23FN6O4/c1-35-20-4-2-3-19(14-20)31-15-17(13-23(31)33)25(34)27-11-12-36-22-10-9-21-28-29-24(32(21)30-22)16-5-7-18(26)8-6-16/h2-10,14,17H,11-13,15H2,1H3,(H,27,34). The van der Waals surface area contributed by atoms with Gasteiger partial charge in [0.25, 0.3) is 0 Å². The van der Waals surface area contributed by atoms with Crippen molar-refractivity contribution in [3.63, 3.8) is 0 Å². The van der Waals surface area contributed by atoms with Gasteiger partial charge in [-0.25, -0.2) is 4.39 Å². The summed E-state index contributed by atoms with van der Waals surface area (Å²) < 4.78 is 25.7. The first-order chi connectivity index (χ1) is 17.5. The van der Waals surface area contributed by atoms with Gasteiger partial charge in [-0.2, -0.15) is 4.52 Å². The van der Waals surface area contributed by atoms with Crippen LogP contribution in [0.1, 0.15) is 6.42 Å². The third-order valence-electron chi connectivity index (χ3n) is 5.85. The van der Waals surface area contributed by atoms with Crippen LogP contribution in [0.2, 0.25) is 0 Å². The highest BCUT2D eigenvalue weighted by atomic mass is 19.1. The lowest BCUT2D eigenvalue weighted by atomic mass is 10.1. The Bertz CT molecular complexity index is 1410. The van der Waals surface area contributed by atoms with Crippen LogP contribution in [0.25, 0.3) is 17.0 Å². The zero-order valence-corrected chi connectivity index (χ0v) is 19.4. The van der Waals surface area contributed by atoms with Crippen LogP contribution in [0.15, 0.2) is 60.7 Å². The maximum Gasteiger partial charge on any atom is 0.231 e. The molecular weight excluding hydrogens is 467 g/mol. The van der Waals surface area contributed by atoms with Gasteiger partial charge in [0.1, 0.15) is 18.2 Å². The summed E-state index contributed by atoms with van der Waals surface area (Å²) in [5.74, 6) is 0.306. The Morgan fingerprint density at radius 2 is 1.97 bits per heavy atom. The number of carbonyl (C=O) groups is 2. The van der Waals surface area contributed by atoms with Crippen LogP contribution in [0.3, 0.4) is 0 Å². The molecule has 1 aliphatic heterocycles. The summed E-state index contributed by atoms with van der Waals surface area (Å²) >= 11 is 0. The molecule has 1 fully saturated rings. The number of aromatic nitrogens is 4. The van der Waals surface area contributed by atoms with Crippen LogP contribution in [-0.4, -0.2) is 58.4 Å². The molecule has 0 bridgehead atoms. The normalized spacial score (nSPS) is 15.3. The van der Waals surface area contributed by atoms with Gasteiger partial charge in [0, 0.05) is 36.3 Å². The molecule has 4 aromatic rings. The Morgan fingerprint density at radius 3 is 2.78 bits per heavy atom. The molecule has 5 rings (SSSR count). The summed E-state index contributed by atoms with van der Waals surface area (Å²) in [5.41, 5.74) is 1.88. The van der Waals surface area contributed by atoms with Crippen molar-refractivity contribution in [2.24, 2.45) is 5.92 Å². The van der Waals surface area contributed by atoms with E-state index in [1.54, 1.807) is 54.5 Å². The third-order valence-corrected chi connectivity index (χ3v) is 5.85. The molecule has 1 aliphatic rings. The average molecular weight is 490 g/mol. The molecule has 3 heterocycles. The molecule has 11 heteroatoms. The number of hydrogen-bond acceptors (Lipinski definition) is 7. The summed E-state index contributed by atoms with van der Waals surface area (Å²) in [7, 11) is 1.56. The van der Waals surface area contributed by atoms with E-state index in [0.29, 0.717) is 40.9 Å². The zero-order chi connectivity index (χ0) is 25.1. The monoisotopic (exact) mass is 490 g/mol. The number of methoxy groups -OCH3 is 1. The van der Waals surface area contributed by atoms with E-state index < -0.39 is 5.92 Å². The average Bonchev–Trinajstić information content (AvgIpc) is 3.50. The van der Waals surface area contributed by atoms with Gasteiger partial charge in [0.2, 0.25) is 17.7 Å². The molecule has 10 nitrogen and oxygen atoms in total. The summed E-state index contributed by atoms with van der Waals surface area (Å²) in [4.78, 5) is 26.7. The first-order valence-corrected chi connectivity index (χ1v) is 11.3. The van der Waals surface area contributed by atoms with E-state index in [2.05, 4.69) is 20.6 Å². The van der Waals surface area contributed by atoms with Gasteiger partial charge < -0.3 is 19.7 Å². The highest BCUT2D eigenvalue weighted by molar-refractivity contribution is 6.00. The summed E-state index contributed by atoms with van der Waals surface area (Å²) in [5, 5.41) is 15.4. The molecule has 1 saturated heterocycles. The number of fused-ring (bicyclic) bond motifs is 1. The lowest BCUT2D eigenvalue weighted by molar-refractivity contribution is -0.126. The number of anilines is 1. The fraction of sp³-hybridized carbons (Fsp3) is 0.240. The Morgan fingerprint density at radius 1 is 1.14 bits per heavy atom. The van der Waals surface area contributed by atoms with Gasteiger partial charge in [0.15, 0.2) is 11.5 Å². The Balaban J connectivity index is 1.15. The van der Waals surface area contributed by atoms with Crippen molar-refractivity contribution in [3.8, 4) is 23.0 Å². The molecule has 2 aromatic heterocycles. The molecule has 0 radical (unpaired) electrons. The van der Waals surface area contributed by atoms with E-state index in [4.69, 9.17) is 9.47 Å². The van der Waals surface area contributed by atoms with Crippen molar-refractivity contribution in [2.75, 3.05) is 31.7 Å². The predicted octanol–water partition coefficient (Wildman–Crippen LogP) is 2.49. The largest absolute Gasteiger partial charge is 0.497 e. The van der Waals surface area contributed by atoms with Crippen molar-refractivity contribution in [1.29, 1.82) is 0 Å². The fourth-order valence-electron chi connectivity index (χ4n) is 4.01. The SMILES string of the molecule is COc1cccc(N2CC(C(=O)NCCOc3ccc4nnc(-c5ccc(F)cc5)n4n3)CC2=O)c1. The van der Waals surface area contributed by atoms with E-state index in [1.807, 2.05) is 6.07 Å². The molecule has 1 unspecified atom stereocenters. The number of halogens is 1. The second-order valence-corrected chi connectivity index (χ2v) is 8.22. The van der Waals surface area contributed by atoms with E-state index in [0.717, 1.165) is 0 Å². The van der Waals surface area contributed by atoms with Crippen LogP contribution < -0.4 is 19.7 Å². The van der Waals surface area contributed by atoms with Gasteiger partial charge in [0.05, 0.1) is 19.6 Å². The maximum atomic E-state index is 13.2. The molecule has 36 heavy (non-hydrogen) atoms. The Kier molecular flexibility index (Phi) is 6.44. The Labute approximate surface area is 205 Å². The van der Waals surface area contributed by atoms with Gasteiger partial charge in [-0.1, -0.05) is 6.07 Å². The van der Waals surface area contributed by atoms with Gasteiger partial charge in [-0.15, -0.1) is 15.3 Å². The van der Waals surface area contributed by atoms with Crippen LogP contribution >= 0.6 is 0 Å². The number of ether oxygens (including phenoxy) is 2. The smallest absolute Gasteiger partial charge is 0.231 e. The molecule has 2 aromatic carbocycles. The summed E-state index contributed by atoms with van der Waals surface area (Å²) in [6.07, 6.45) is 0.141. The number of nitrogens with one attached hydrogen (secondary N) is 1. The zero-order valence-electron chi connectivity index (χ0n) is 19.4. The Hall–Kier alpha value is -4.54. The van der Waals surface area contributed by atoms with E-state index >= 15 is 0 Å². The molecule has 1 atom stereocenters. The lowest BCUT2D eigenvalue weighted by Crippen LogP contribution is -2.35. The van der Waals surface area contributed by atoms with Crippen molar-refractivity contribution in [3.05, 3.63) is 66.5 Å². The minimum Gasteiger partial charge on any atom is -0.497 e. The highest BCUT2D eigenvalue weighted by Crippen LogP contribution is 2.28. The number of amides is 2. The second-order valence-electron chi connectivity index (χ2n) is 8.22. The van der Waals surface area contributed by atoms with Crippen LogP contribution in [0.5, 0.6) is 11.6 Å². The predicted molar refractivity (Wildman–Crippen MR) is 128 cm³/mol. The number of benzene rings is 2. The van der Waals surface area contributed by atoms with Crippen molar-refractivity contribution in [2.45, 2.75) is 6.42 Å².